The van der Waals surface area contributed by atoms with E-state index in [1.165, 1.54) is 10.6 Å². The van der Waals surface area contributed by atoms with Crippen LogP contribution in [-0.4, -0.2) is 29.0 Å². The van der Waals surface area contributed by atoms with E-state index in [9.17, 15) is 14.4 Å². The van der Waals surface area contributed by atoms with E-state index < -0.39 is 0 Å². The highest BCUT2D eigenvalue weighted by Crippen LogP contribution is 2.12. The van der Waals surface area contributed by atoms with Gasteiger partial charge >= 0.3 is 0 Å². The van der Waals surface area contributed by atoms with E-state index in [1.807, 2.05) is 38.1 Å². The van der Waals surface area contributed by atoms with Gasteiger partial charge in [-0.25, -0.2) is 0 Å². The summed E-state index contributed by atoms with van der Waals surface area (Å²) in [6, 6.07) is 8.86. The lowest BCUT2D eigenvalue weighted by Crippen LogP contribution is -2.38. The van der Waals surface area contributed by atoms with Crippen LogP contribution >= 0.6 is 12.4 Å². The summed E-state index contributed by atoms with van der Waals surface area (Å²) in [6.07, 6.45) is 0.667. The third-order valence-corrected chi connectivity index (χ3v) is 4.42. The van der Waals surface area contributed by atoms with Gasteiger partial charge in [-0.05, 0) is 57.4 Å². The molecule has 0 radical (unpaired) electrons. The minimum Gasteiger partial charge on any atom is -0.399 e. The summed E-state index contributed by atoms with van der Waals surface area (Å²) in [7, 11) is 0. The van der Waals surface area contributed by atoms with Crippen LogP contribution in [0.4, 0.5) is 5.69 Å². The average Bonchev–Trinajstić information content (AvgIpc) is 2.59. The molecule has 158 valence electrons. The molecule has 1 heterocycles. The van der Waals surface area contributed by atoms with Crippen LogP contribution in [0.25, 0.3) is 0 Å². The van der Waals surface area contributed by atoms with Gasteiger partial charge in [-0.1, -0.05) is 12.1 Å². The van der Waals surface area contributed by atoms with Crippen LogP contribution in [0.15, 0.2) is 35.1 Å². The Bertz CT molecular complexity index is 921. The second-order valence-corrected chi connectivity index (χ2v) is 7.18. The topological polar surface area (TPSA) is 106 Å². The first-order chi connectivity index (χ1) is 13.2. The van der Waals surface area contributed by atoms with Crippen LogP contribution in [0, 0.1) is 13.8 Å². The number of carbonyl (C=O) groups excluding carboxylic acids is 2. The number of anilines is 1. The van der Waals surface area contributed by atoms with Crippen LogP contribution in [-0.2, 0) is 17.8 Å². The van der Waals surface area contributed by atoms with Gasteiger partial charge in [-0.2, -0.15) is 0 Å². The maximum atomic E-state index is 12.7. The highest BCUT2D eigenvalue weighted by molar-refractivity contribution is 5.96. The summed E-state index contributed by atoms with van der Waals surface area (Å²) < 4.78 is 1.33. The van der Waals surface area contributed by atoms with Gasteiger partial charge in [0.05, 0.1) is 5.56 Å². The summed E-state index contributed by atoms with van der Waals surface area (Å²) in [5, 5.41) is 5.65. The number of pyridine rings is 1. The molecular formula is C21H29ClN4O3. The van der Waals surface area contributed by atoms with Crippen molar-refractivity contribution in [3.8, 4) is 0 Å². The summed E-state index contributed by atoms with van der Waals surface area (Å²) in [5.74, 6) is -0.526. The molecule has 0 saturated carbocycles. The Morgan fingerprint density at radius 2 is 1.76 bits per heavy atom. The maximum Gasteiger partial charge on any atom is 0.253 e. The highest BCUT2D eigenvalue weighted by atomic mass is 35.5. The van der Waals surface area contributed by atoms with Crippen LogP contribution in [0.1, 0.15) is 41.0 Å². The highest BCUT2D eigenvalue weighted by Gasteiger charge is 2.18. The SMILES string of the molecule is Cc1cc(=O)n(CC(=O)NC(C)C)c(C)c1C(=O)NCCc1ccc(N)cc1.Cl. The predicted octanol–water partition coefficient (Wildman–Crippen LogP) is 1.97. The van der Waals surface area contributed by atoms with Crippen LogP contribution in [0.3, 0.4) is 0 Å². The molecule has 0 aliphatic heterocycles. The molecule has 0 bridgehead atoms. The molecule has 7 nitrogen and oxygen atoms in total. The molecule has 0 spiro atoms. The largest absolute Gasteiger partial charge is 0.399 e. The molecule has 1 aromatic carbocycles. The van der Waals surface area contributed by atoms with Crippen molar-refractivity contribution < 1.29 is 9.59 Å². The van der Waals surface area contributed by atoms with E-state index in [4.69, 9.17) is 5.73 Å². The Labute approximate surface area is 177 Å². The lowest BCUT2D eigenvalue weighted by molar-refractivity contribution is -0.122. The fourth-order valence-electron chi connectivity index (χ4n) is 3.07. The number of nitrogen functional groups attached to an aromatic ring is 1. The first-order valence-electron chi connectivity index (χ1n) is 9.32. The Morgan fingerprint density at radius 1 is 1.14 bits per heavy atom. The summed E-state index contributed by atoms with van der Waals surface area (Å²) >= 11 is 0. The lowest BCUT2D eigenvalue weighted by Gasteiger charge is -2.17. The number of hydrogen-bond donors (Lipinski definition) is 3. The smallest absolute Gasteiger partial charge is 0.253 e. The fraction of sp³-hybridized carbons (Fsp3) is 0.381. The molecule has 4 N–H and O–H groups in total. The van der Waals surface area contributed by atoms with E-state index in [0.29, 0.717) is 35.5 Å². The van der Waals surface area contributed by atoms with Crippen LogP contribution in [0.2, 0.25) is 0 Å². The van der Waals surface area contributed by atoms with Gasteiger partial charge in [0.1, 0.15) is 6.54 Å². The normalized spacial score (nSPS) is 10.4. The minimum absolute atomic E-state index is 0. The average molecular weight is 421 g/mol. The number of carbonyl (C=O) groups is 2. The van der Waals surface area contributed by atoms with E-state index in [1.54, 1.807) is 13.8 Å². The molecule has 8 heteroatoms. The molecule has 2 amide bonds. The number of nitrogens with one attached hydrogen (secondary N) is 2. The number of rotatable bonds is 7. The second-order valence-electron chi connectivity index (χ2n) is 7.18. The molecule has 0 saturated heterocycles. The molecule has 0 fully saturated rings. The molecule has 2 aromatic rings. The van der Waals surface area contributed by atoms with Crippen molar-refractivity contribution in [1.29, 1.82) is 0 Å². The Hall–Kier alpha value is -2.80. The number of hydrogen-bond acceptors (Lipinski definition) is 4. The number of nitrogens with two attached hydrogens (primary N) is 1. The third-order valence-electron chi connectivity index (χ3n) is 4.42. The van der Waals surface area contributed by atoms with Gasteiger partial charge in [0, 0.05) is 30.0 Å². The molecule has 0 aliphatic carbocycles. The molecule has 2 rings (SSSR count). The van der Waals surface area contributed by atoms with Gasteiger partial charge in [-0.15, -0.1) is 12.4 Å². The van der Waals surface area contributed by atoms with Crippen molar-refractivity contribution in [1.82, 2.24) is 15.2 Å². The zero-order chi connectivity index (χ0) is 20.8. The van der Waals surface area contributed by atoms with Crippen LogP contribution in [0.5, 0.6) is 0 Å². The summed E-state index contributed by atoms with van der Waals surface area (Å²) in [4.78, 5) is 37.1. The number of nitrogens with zero attached hydrogens (tertiary/aromatic N) is 1. The zero-order valence-electron chi connectivity index (χ0n) is 17.2. The Morgan fingerprint density at radius 3 is 2.34 bits per heavy atom. The molecule has 1 aromatic heterocycles. The van der Waals surface area contributed by atoms with Crippen molar-refractivity contribution in [3.63, 3.8) is 0 Å². The van der Waals surface area contributed by atoms with Gasteiger partial charge < -0.3 is 20.9 Å². The summed E-state index contributed by atoms with van der Waals surface area (Å²) in [6.45, 7) is 7.45. The van der Waals surface area contributed by atoms with E-state index in [0.717, 1.165) is 5.56 Å². The van der Waals surface area contributed by atoms with Gasteiger partial charge in [0.2, 0.25) is 5.91 Å². The first kappa shape index (κ1) is 24.2. The monoisotopic (exact) mass is 420 g/mol. The maximum absolute atomic E-state index is 12.7. The summed E-state index contributed by atoms with van der Waals surface area (Å²) in [5.41, 5.74) is 8.64. The van der Waals surface area contributed by atoms with E-state index in [-0.39, 0.29) is 42.4 Å². The molecule has 0 aliphatic rings. The quantitative estimate of drug-likeness (QED) is 0.595. The Balaban J connectivity index is 0.00000420. The fourth-order valence-corrected chi connectivity index (χ4v) is 3.07. The van der Waals surface area contributed by atoms with E-state index in [2.05, 4.69) is 10.6 Å². The second kappa shape index (κ2) is 10.7. The number of halogens is 1. The molecule has 0 unspecified atom stereocenters. The van der Waals surface area contributed by atoms with Crippen LogP contribution < -0.4 is 21.9 Å². The number of aryl methyl sites for hydroxylation is 1. The van der Waals surface area contributed by atoms with Gasteiger partial charge in [-0.3, -0.25) is 14.4 Å². The third kappa shape index (κ3) is 6.64. The molecule has 0 atom stereocenters. The first-order valence-corrected chi connectivity index (χ1v) is 9.32. The minimum atomic E-state index is -0.299. The molecule has 29 heavy (non-hydrogen) atoms. The number of amides is 2. The van der Waals surface area contributed by atoms with Crippen molar-refractivity contribution in [3.05, 3.63) is 63.1 Å². The zero-order valence-corrected chi connectivity index (χ0v) is 18.1. The van der Waals surface area contributed by atoms with Crippen molar-refractivity contribution in [2.24, 2.45) is 0 Å². The van der Waals surface area contributed by atoms with Gasteiger partial charge in [0.25, 0.3) is 11.5 Å². The van der Waals surface area contributed by atoms with Gasteiger partial charge in [0.15, 0.2) is 0 Å². The number of aromatic nitrogens is 1. The van der Waals surface area contributed by atoms with Crippen molar-refractivity contribution in [2.45, 2.75) is 46.7 Å². The van der Waals surface area contributed by atoms with E-state index >= 15 is 0 Å². The Kier molecular flexibility index (Phi) is 8.91. The number of benzene rings is 1. The van der Waals surface area contributed by atoms with Crippen molar-refractivity contribution in [2.75, 3.05) is 12.3 Å². The predicted molar refractivity (Wildman–Crippen MR) is 118 cm³/mol. The van der Waals surface area contributed by atoms with Crippen molar-refractivity contribution >= 4 is 29.9 Å². The standard InChI is InChI=1S/C21H28N4O3.ClH/c1-13(2)24-18(26)12-25-15(4)20(14(3)11-19(25)27)21(28)23-10-9-16-5-7-17(22)8-6-16;/h5-8,11,13H,9-10,12,22H2,1-4H3,(H,23,28)(H,24,26);1H. The molecular weight excluding hydrogens is 392 g/mol. The lowest BCUT2D eigenvalue weighted by atomic mass is 10.1.